The molecule has 0 radical (unpaired) electrons. The highest BCUT2D eigenvalue weighted by Gasteiger charge is 2.20. The van der Waals surface area contributed by atoms with Crippen LogP contribution in [-0.2, 0) is 16.0 Å². The van der Waals surface area contributed by atoms with Crippen molar-refractivity contribution in [3.05, 3.63) is 70.3 Å². The highest BCUT2D eigenvalue weighted by atomic mass is 16.6. The molecule has 0 saturated heterocycles. The molecule has 0 aliphatic heterocycles. The van der Waals surface area contributed by atoms with Gasteiger partial charge in [0, 0.05) is 31.2 Å². The van der Waals surface area contributed by atoms with Gasteiger partial charge in [0.1, 0.15) is 6.04 Å². The molecule has 2 amide bonds. The Morgan fingerprint density at radius 3 is 2.46 bits per heavy atom. The largest absolute Gasteiger partial charge is 0.344 e. The minimum absolute atomic E-state index is 0.119. The number of nitro groups is 1. The number of carbonyl (C=O) groups is 2. The van der Waals surface area contributed by atoms with Crippen LogP contribution in [0, 0.1) is 10.1 Å². The summed E-state index contributed by atoms with van der Waals surface area (Å²) in [5, 5.41) is 16.0. The molecular weight excluding hydrogens is 310 g/mol. The van der Waals surface area contributed by atoms with Crippen molar-refractivity contribution in [1.29, 1.82) is 0 Å². The van der Waals surface area contributed by atoms with E-state index >= 15 is 0 Å². The van der Waals surface area contributed by atoms with E-state index in [0.717, 1.165) is 5.56 Å². The summed E-state index contributed by atoms with van der Waals surface area (Å²) in [7, 11) is 0. The van der Waals surface area contributed by atoms with Crippen molar-refractivity contribution in [3.8, 4) is 0 Å². The van der Waals surface area contributed by atoms with Crippen molar-refractivity contribution in [2.75, 3.05) is 5.32 Å². The van der Waals surface area contributed by atoms with Gasteiger partial charge in [-0.1, -0.05) is 36.4 Å². The normalized spacial score (nSPS) is 11.4. The molecule has 0 fully saturated rings. The maximum absolute atomic E-state index is 12.4. The topological polar surface area (TPSA) is 101 Å². The first kappa shape index (κ1) is 17.1. The van der Waals surface area contributed by atoms with Gasteiger partial charge in [0.25, 0.3) is 5.69 Å². The molecule has 2 aromatic carbocycles. The van der Waals surface area contributed by atoms with E-state index < -0.39 is 16.9 Å². The minimum Gasteiger partial charge on any atom is -0.344 e. The average molecular weight is 327 g/mol. The number of carbonyl (C=O) groups excluding carboxylic acids is 2. The highest BCUT2D eigenvalue weighted by molar-refractivity contribution is 5.97. The summed E-state index contributed by atoms with van der Waals surface area (Å²) < 4.78 is 0. The van der Waals surface area contributed by atoms with Crippen LogP contribution in [0.1, 0.15) is 12.5 Å². The Morgan fingerprint density at radius 1 is 1.12 bits per heavy atom. The molecule has 1 atom stereocenters. The van der Waals surface area contributed by atoms with E-state index in [-0.39, 0.29) is 11.6 Å². The SMILES string of the molecule is CC(=O)N[C@@H](Cc1ccccc1)C(=O)Nc1cccc([N+](=O)[O-])c1. The Bertz CT molecular complexity index is 747. The number of hydrogen-bond acceptors (Lipinski definition) is 4. The van der Waals surface area contributed by atoms with E-state index in [2.05, 4.69) is 10.6 Å². The van der Waals surface area contributed by atoms with Gasteiger partial charge in [-0.3, -0.25) is 19.7 Å². The van der Waals surface area contributed by atoms with Crippen molar-refractivity contribution in [3.63, 3.8) is 0 Å². The van der Waals surface area contributed by atoms with E-state index in [1.54, 1.807) is 6.07 Å². The first-order chi connectivity index (χ1) is 11.5. The Balaban J connectivity index is 2.14. The predicted octanol–water partition coefficient (Wildman–Crippen LogP) is 2.28. The first-order valence-electron chi connectivity index (χ1n) is 7.32. The van der Waals surface area contributed by atoms with Gasteiger partial charge in [-0.25, -0.2) is 0 Å². The second-order valence-corrected chi connectivity index (χ2v) is 5.24. The van der Waals surface area contributed by atoms with Crippen molar-refractivity contribution in [1.82, 2.24) is 5.32 Å². The van der Waals surface area contributed by atoms with Gasteiger partial charge in [-0.15, -0.1) is 0 Å². The molecule has 2 N–H and O–H groups in total. The highest BCUT2D eigenvalue weighted by Crippen LogP contribution is 2.17. The molecular formula is C17H17N3O4. The zero-order valence-electron chi connectivity index (χ0n) is 13.1. The standard InChI is InChI=1S/C17H17N3O4/c1-12(21)18-16(10-13-6-3-2-4-7-13)17(22)19-14-8-5-9-15(11-14)20(23)24/h2-9,11,16H,10H2,1H3,(H,18,21)(H,19,22)/t16-/m0/s1. The lowest BCUT2D eigenvalue weighted by atomic mass is 10.1. The second-order valence-electron chi connectivity index (χ2n) is 5.24. The van der Waals surface area contributed by atoms with E-state index in [1.807, 2.05) is 30.3 Å². The quantitative estimate of drug-likeness (QED) is 0.627. The summed E-state index contributed by atoms with van der Waals surface area (Å²) in [5.74, 6) is -0.764. The summed E-state index contributed by atoms with van der Waals surface area (Å²) in [6.45, 7) is 1.33. The molecule has 2 rings (SSSR count). The summed E-state index contributed by atoms with van der Waals surface area (Å²) in [4.78, 5) is 34.1. The van der Waals surface area contributed by atoms with Gasteiger partial charge >= 0.3 is 0 Å². The van der Waals surface area contributed by atoms with Crippen molar-refractivity contribution in [2.45, 2.75) is 19.4 Å². The van der Waals surface area contributed by atoms with E-state index in [0.29, 0.717) is 12.1 Å². The zero-order valence-corrected chi connectivity index (χ0v) is 13.1. The summed E-state index contributed by atoms with van der Waals surface area (Å²) in [6, 6.07) is 14.1. The number of nitrogens with zero attached hydrogens (tertiary/aromatic N) is 1. The van der Waals surface area contributed by atoms with Gasteiger partial charge in [-0.2, -0.15) is 0 Å². The number of anilines is 1. The molecule has 0 aliphatic rings. The summed E-state index contributed by atoms with van der Waals surface area (Å²) >= 11 is 0. The molecule has 0 aromatic heterocycles. The number of non-ortho nitro benzene ring substituents is 1. The number of hydrogen-bond donors (Lipinski definition) is 2. The Labute approximate surface area is 138 Å². The van der Waals surface area contributed by atoms with Gasteiger partial charge in [-0.05, 0) is 11.6 Å². The Kier molecular flexibility index (Phi) is 5.62. The van der Waals surface area contributed by atoms with Crippen molar-refractivity contribution < 1.29 is 14.5 Å². The van der Waals surface area contributed by atoms with Crippen LogP contribution >= 0.6 is 0 Å². The maximum Gasteiger partial charge on any atom is 0.271 e. The van der Waals surface area contributed by atoms with Crippen LogP contribution in [0.5, 0.6) is 0 Å². The summed E-state index contributed by atoms with van der Waals surface area (Å²) in [6.07, 6.45) is 0.321. The lowest BCUT2D eigenvalue weighted by Gasteiger charge is -2.17. The number of benzene rings is 2. The van der Waals surface area contributed by atoms with Crippen molar-refractivity contribution in [2.24, 2.45) is 0 Å². The smallest absolute Gasteiger partial charge is 0.271 e. The number of nitrogens with one attached hydrogen (secondary N) is 2. The fraction of sp³-hybridized carbons (Fsp3) is 0.176. The molecule has 7 nitrogen and oxygen atoms in total. The molecule has 0 aliphatic carbocycles. The number of nitro benzene ring substituents is 1. The third-order valence-corrected chi connectivity index (χ3v) is 3.30. The average Bonchev–Trinajstić information content (AvgIpc) is 2.55. The van der Waals surface area contributed by atoms with Crippen LogP contribution in [0.3, 0.4) is 0 Å². The summed E-state index contributed by atoms with van der Waals surface area (Å²) in [5.41, 5.74) is 1.08. The van der Waals surface area contributed by atoms with Crippen LogP contribution in [0.4, 0.5) is 11.4 Å². The third kappa shape index (κ3) is 4.91. The number of amides is 2. The molecule has 124 valence electrons. The predicted molar refractivity (Wildman–Crippen MR) is 89.5 cm³/mol. The molecule has 0 saturated carbocycles. The molecule has 0 unspecified atom stereocenters. The molecule has 2 aromatic rings. The first-order valence-corrected chi connectivity index (χ1v) is 7.32. The van der Waals surface area contributed by atoms with E-state index in [4.69, 9.17) is 0 Å². The van der Waals surface area contributed by atoms with Crippen LogP contribution in [0.15, 0.2) is 54.6 Å². The molecule has 0 spiro atoms. The maximum atomic E-state index is 12.4. The Hall–Kier alpha value is -3.22. The van der Waals surface area contributed by atoms with E-state index in [1.165, 1.54) is 25.1 Å². The van der Waals surface area contributed by atoms with E-state index in [9.17, 15) is 19.7 Å². The monoisotopic (exact) mass is 327 g/mol. The van der Waals surface area contributed by atoms with Crippen molar-refractivity contribution >= 4 is 23.2 Å². The lowest BCUT2D eigenvalue weighted by Crippen LogP contribution is -2.44. The lowest BCUT2D eigenvalue weighted by molar-refractivity contribution is -0.384. The molecule has 0 heterocycles. The van der Waals surface area contributed by atoms with Crippen LogP contribution < -0.4 is 10.6 Å². The molecule has 24 heavy (non-hydrogen) atoms. The van der Waals surface area contributed by atoms with Crippen LogP contribution in [0.2, 0.25) is 0 Å². The van der Waals surface area contributed by atoms with Gasteiger partial charge in [0.2, 0.25) is 11.8 Å². The zero-order chi connectivity index (χ0) is 17.5. The van der Waals surface area contributed by atoms with Gasteiger partial charge in [0.15, 0.2) is 0 Å². The Morgan fingerprint density at radius 2 is 1.83 bits per heavy atom. The van der Waals surface area contributed by atoms with Crippen LogP contribution in [0.25, 0.3) is 0 Å². The molecule has 7 heteroatoms. The fourth-order valence-electron chi connectivity index (χ4n) is 2.23. The van der Waals surface area contributed by atoms with Gasteiger partial charge < -0.3 is 10.6 Å². The fourth-order valence-corrected chi connectivity index (χ4v) is 2.23. The van der Waals surface area contributed by atoms with Gasteiger partial charge in [0.05, 0.1) is 4.92 Å². The number of rotatable bonds is 6. The minimum atomic E-state index is -0.774. The third-order valence-electron chi connectivity index (χ3n) is 3.30. The second kappa shape index (κ2) is 7.87. The molecule has 0 bridgehead atoms. The van der Waals surface area contributed by atoms with Crippen LogP contribution in [-0.4, -0.2) is 22.8 Å².